The molecule has 2 nitrogen and oxygen atoms in total. The lowest BCUT2D eigenvalue weighted by Gasteiger charge is -2.40. The fourth-order valence-electron chi connectivity index (χ4n) is 1.68. The van der Waals surface area contributed by atoms with Gasteiger partial charge in [-0.1, -0.05) is 13.8 Å². The summed E-state index contributed by atoms with van der Waals surface area (Å²) in [4.78, 5) is 20.8. The van der Waals surface area contributed by atoms with Gasteiger partial charge < -0.3 is 0 Å². The van der Waals surface area contributed by atoms with Crippen LogP contribution in [0.25, 0.3) is 0 Å². The van der Waals surface area contributed by atoms with Crippen molar-refractivity contribution in [3.8, 4) is 0 Å². The van der Waals surface area contributed by atoms with E-state index in [4.69, 9.17) is 0 Å². The number of carbonyl (C=O) groups is 2. The summed E-state index contributed by atoms with van der Waals surface area (Å²) in [5.74, 6) is -8.77. The van der Waals surface area contributed by atoms with Crippen molar-refractivity contribution in [3.05, 3.63) is 0 Å². The average Bonchev–Trinajstić information content (AvgIpc) is 2.19. The minimum Gasteiger partial charge on any atom is -0.297 e. The van der Waals surface area contributed by atoms with Gasteiger partial charge >= 0.3 is 11.8 Å². The zero-order chi connectivity index (χ0) is 13.2. The smallest absolute Gasteiger partial charge is 0.297 e. The van der Waals surface area contributed by atoms with Gasteiger partial charge in [-0.25, -0.2) is 0 Å². The van der Waals surface area contributed by atoms with Crippen molar-refractivity contribution in [3.63, 3.8) is 0 Å². The highest BCUT2D eigenvalue weighted by Gasteiger charge is 2.68. The number of aldehydes is 1. The van der Waals surface area contributed by atoms with Crippen molar-refractivity contribution >= 4 is 23.1 Å². The molecule has 0 saturated carbocycles. The molecule has 0 unspecified atom stereocenters. The Bertz CT molecular complexity index is 287. The Morgan fingerprint density at radius 2 is 1.56 bits per heavy atom. The van der Waals surface area contributed by atoms with Crippen LogP contribution in [-0.2, 0) is 9.59 Å². The molecular formula is C9H11ClF4O2. The van der Waals surface area contributed by atoms with Crippen LogP contribution in [0.3, 0.4) is 0 Å². The van der Waals surface area contributed by atoms with Gasteiger partial charge in [-0.05, 0) is 24.4 Å². The summed E-state index contributed by atoms with van der Waals surface area (Å²) in [6, 6.07) is 0. The van der Waals surface area contributed by atoms with Crippen LogP contribution in [-0.4, -0.2) is 23.4 Å². The average molecular weight is 263 g/mol. The Kier molecular flexibility index (Phi) is 4.50. The Hall–Kier alpha value is -0.650. The third-order valence-corrected chi connectivity index (χ3v) is 3.08. The van der Waals surface area contributed by atoms with Gasteiger partial charge in [-0.15, -0.1) is 0 Å². The van der Waals surface area contributed by atoms with Crippen LogP contribution in [0.1, 0.15) is 26.7 Å². The zero-order valence-corrected chi connectivity index (χ0v) is 9.45. The predicted molar refractivity (Wildman–Crippen MR) is 49.8 cm³/mol. The minimum absolute atomic E-state index is 0.749. The maximum Gasteiger partial charge on any atom is 0.331 e. The first-order valence-corrected chi connectivity index (χ1v) is 4.92. The SMILES string of the molecule is CCC(CC)(C(F)(F)C=O)C(F)(F)C(=O)Cl. The van der Waals surface area contributed by atoms with Crippen molar-refractivity contribution in [2.24, 2.45) is 5.41 Å². The second-order valence-electron chi connectivity index (χ2n) is 3.38. The molecule has 0 aromatic heterocycles. The molecule has 0 spiro atoms. The van der Waals surface area contributed by atoms with Crippen LogP contribution in [0.15, 0.2) is 0 Å². The summed E-state index contributed by atoms with van der Waals surface area (Å²) in [6.07, 6.45) is -2.37. The molecule has 0 N–H and O–H groups in total. The lowest BCUT2D eigenvalue weighted by Crippen LogP contribution is -2.56. The first-order chi connectivity index (χ1) is 7.13. The summed E-state index contributed by atoms with van der Waals surface area (Å²) in [7, 11) is 0. The second kappa shape index (κ2) is 4.69. The van der Waals surface area contributed by atoms with E-state index in [-0.39, 0.29) is 0 Å². The van der Waals surface area contributed by atoms with Crippen LogP contribution in [0.4, 0.5) is 17.6 Å². The quantitative estimate of drug-likeness (QED) is 0.419. The number of rotatable bonds is 6. The highest BCUT2D eigenvalue weighted by Crippen LogP contribution is 2.53. The van der Waals surface area contributed by atoms with Crippen LogP contribution < -0.4 is 0 Å². The van der Waals surface area contributed by atoms with Gasteiger partial charge in [-0.3, -0.25) is 9.59 Å². The van der Waals surface area contributed by atoms with Gasteiger partial charge in [0, 0.05) is 0 Å². The van der Waals surface area contributed by atoms with E-state index in [1.54, 1.807) is 0 Å². The van der Waals surface area contributed by atoms with E-state index in [9.17, 15) is 27.2 Å². The van der Waals surface area contributed by atoms with E-state index in [1.165, 1.54) is 0 Å². The van der Waals surface area contributed by atoms with Gasteiger partial charge in [0.15, 0.2) is 6.29 Å². The summed E-state index contributed by atoms with van der Waals surface area (Å²) < 4.78 is 53.4. The molecule has 0 aliphatic heterocycles. The lowest BCUT2D eigenvalue weighted by atomic mass is 9.71. The number of hydrogen-bond acceptors (Lipinski definition) is 2. The first-order valence-electron chi connectivity index (χ1n) is 4.54. The predicted octanol–water partition coefficient (Wildman–Crippen LogP) is 3.03. The fourth-order valence-corrected chi connectivity index (χ4v) is 1.86. The normalized spacial score (nSPS) is 13.7. The Morgan fingerprint density at radius 3 is 1.75 bits per heavy atom. The van der Waals surface area contributed by atoms with E-state index in [0.717, 1.165) is 13.8 Å². The van der Waals surface area contributed by atoms with E-state index in [2.05, 4.69) is 11.6 Å². The minimum atomic E-state index is -4.46. The van der Waals surface area contributed by atoms with Crippen molar-refractivity contribution in [2.75, 3.05) is 0 Å². The Morgan fingerprint density at radius 1 is 1.19 bits per heavy atom. The molecule has 0 rings (SSSR count). The molecule has 7 heteroatoms. The molecule has 0 radical (unpaired) electrons. The number of carbonyl (C=O) groups excluding carboxylic acids is 2. The first kappa shape index (κ1) is 15.3. The largest absolute Gasteiger partial charge is 0.331 e. The van der Waals surface area contributed by atoms with E-state index < -0.39 is 41.6 Å². The van der Waals surface area contributed by atoms with Gasteiger partial charge in [0.1, 0.15) is 5.41 Å². The third-order valence-electron chi connectivity index (χ3n) is 2.84. The molecule has 0 aromatic rings. The lowest BCUT2D eigenvalue weighted by molar-refractivity contribution is -0.222. The van der Waals surface area contributed by atoms with Crippen molar-refractivity contribution in [1.29, 1.82) is 0 Å². The number of alkyl halides is 4. The molecular weight excluding hydrogens is 252 g/mol. The van der Waals surface area contributed by atoms with E-state index in [0.29, 0.717) is 0 Å². The van der Waals surface area contributed by atoms with Crippen LogP contribution in [0.2, 0.25) is 0 Å². The van der Waals surface area contributed by atoms with Crippen LogP contribution >= 0.6 is 11.6 Å². The molecule has 0 fully saturated rings. The maximum atomic E-state index is 13.4. The molecule has 0 aliphatic carbocycles. The molecule has 0 heterocycles. The number of hydrogen-bond donors (Lipinski definition) is 0. The summed E-state index contributed by atoms with van der Waals surface area (Å²) in [5.41, 5.74) is -3.07. The highest BCUT2D eigenvalue weighted by atomic mass is 35.5. The highest BCUT2D eigenvalue weighted by molar-refractivity contribution is 6.65. The van der Waals surface area contributed by atoms with Crippen molar-refractivity contribution in [2.45, 2.75) is 38.5 Å². The molecule has 0 amide bonds. The second-order valence-corrected chi connectivity index (χ2v) is 3.72. The van der Waals surface area contributed by atoms with Gasteiger partial charge in [0.2, 0.25) is 0 Å². The van der Waals surface area contributed by atoms with Crippen LogP contribution in [0.5, 0.6) is 0 Å². The maximum absolute atomic E-state index is 13.4. The molecule has 94 valence electrons. The van der Waals surface area contributed by atoms with Crippen molar-refractivity contribution < 1.29 is 27.2 Å². The zero-order valence-electron chi connectivity index (χ0n) is 8.70. The van der Waals surface area contributed by atoms with E-state index >= 15 is 0 Å². The van der Waals surface area contributed by atoms with Crippen molar-refractivity contribution in [1.82, 2.24) is 0 Å². The molecule has 0 atom stereocenters. The standard InChI is InChI=1S/C9H11ClF4O2/c1-3-7(4-2,8(11,12)5-15)9(13,14)6(10)16/h5H,3-4H2,1-2H3. The van der Waals surface area contributed by atoms with E-state index in [1.807, 2.05) is 0 Å². The van der Waals surface area contributed by atoms with Crippen LogP contribution in [0, 0.1) is 5.41 Å². The third kappa shape index (κ3) is 1.95. The summed E-state index contributed by atoms with van der Waals surface area (Å²) >= 11 is 4.64. The molecule has 0 bridgehead atoms. The Balaban J connectivity index is 5.79. The van der Waals surface area contributed by atoms with Gasteiger partial charge in [-0.2, -0.15) is 17.6 Å². The Labute approximate surface area is 94.9 Å². The number of halogens is 5. The molecule has 0 aromatic carbocycles. The summed E-state index contributed by atoms with van der Waals surface area (Å²) in [5, 5.41) is -2.18. The van der Waals surface area contributed by atoms with Gasteiger partial charge in [0.25, 0.3) is 5.24 Å². The molecule has 0 saturated heterocycles. The van der Waals surface area contributed by atoms with Gasteiger partial charge in [0.05, 0.1) is 0 Å². The topological polar surface area (TPSA) is 34.1 Å². The molecule has 0 aliphatic rings. The monoisotopic (exact) mass is 262 g/mol. The fraction of sp³-hybridized carbons (Fsp3) is 0.778. The summed E-state index contributed by atoms with van der Waals surface area (Å²) in [6.45, 7) is 2.10. The molecule has 16 heavy (non-hydrogen) atoms.